The number of hydrogen-bond donors (Lipinski definition) is 1. The molecule has 1 amide bonds. The second-order valence-electron chi connectivity index (χ2n) is 2.73. The van der Waals surface area contributed by atoms with Crippen LogP contribution in [-0.4, -0.2) is 28.4 Å². The van der Waals surface area contributed by atoms with Crippen LogP contribution in [0.1, 0.15) is 10.4 Å². The maximum Gasteiger partial charge on any atom is 0.258 e. The highest BCUT2D eigenvalue weighted by molar-refractivity contribution is 8.14. The maximum absolute atomic E-state index is 11.6. The second kappa shape index (κ2) is 4.23. The van der Waals surface area contributed by atoms with Crippen molar-refractivity contribution in [3.8, 4) is 0 Å². The molecule has 2 heterocycles. The van der Waals surface area contributed by atoms with E-state index in [4.69, 9.17) is 0 Å². The van der Waals surface area contributed by atoms with Gasteiger partial charge in [-0.1, -0.05) is 11.8 Å². The minimum Gasteiger partial charge on any atom is -0.301 e. The molecule has 0 unspecified atom stereocenters. The van der Waals surface area contributed by atoms with Crippen molar-refractivity contribution in [2.45, 2.75) is 0 Å². The number of amidine groups is 1. The zero-order valence-electron chi connectivity index (χ0n) is 7.43. The fourth-order valence-electron chi connectivity index (χ4n) is 1.08. The number of carbonyl (C=O) groups excluding carboxylic acids is 1. The number of nitrogens with zero attached hydrogens (tertiary/aromatic N) is 2. The van der Waals surface area contributed by atoms with Crippen LogP contribution in [0.15, 0.2) is 29.5 Å². The fourth-order valence-corrected chi connectivity index (χ4v) is 1.80. The summed E-state index contributed by atoms with van der Waals surface area (Å²) < 4.78 is 0. The van der Waals surface area contributed by atoms with E-state index in [9.17, 15) is 4.79 Å². The highest BCUT2D eigenvalue weighted by Gasteiger charge is 2.11. The van der Waals surface area contributed by atoms with E-state index in [1.54, 1.807) is 30.1 Å². The van der Waals surface area contributed by atoms with Crippen molar-refractivity contribution in [1.29, 1.82) is 0 Å². The lowest BCUT2D eigenvalue weighted by molar-refractivity contribution is 0.0977. The highest BCUT2D eigenvalue weighted by Crippen LogP contribution is 2.09. The van der Waals surface area contributed by atoms with Crippen molar-refractivity contribution in [2.75, 3.05) is 12.3 Å². The summed E-state index contributed by atoms with van der Waals surface area (Å²) in [5, 5.41) is 3.44. The third-order valence-corrected chi connectivity index (χ3v) is 2.62. The van der Waals surface area contributed by atoms with E-state index >= 15 is 0 Å². The minimum absolute atomic E-state index is 0.147. The lowest BCUT2D eigenvalue weighted by Gasteiger charge is -2.02. The van der Waals surface area contributed by atoms with Crippen molar-refractivity contribution < 1.29 is 4.79 Å². The Morgan fingerprint density at radius 3 is 3.14 bits per heavy atom. The summed E-state index contributed by atoms with van der Waals surface area (Å²) in [4.78, 5) is 19.6. The zero-order valence-corrected chi connectivity index (χ0v) is 8.25. The molecule has 5 heteroatoms. The molecule has 0 spiro atoms. The van der Waals surface area contributed by atoms with Gasteiger partial charge in [0.2, 0.25) is 0 Å². The average Bonchev–Trinajstić information content (AvgIpc) is 2.72. The molecule has 4 nitrogen and oxygen atoms in total. The lowest BCUT2D eigenvalue weighted by Crippen LogP contribution is -2.27. The fraction of sp³-hybridized carbons (Fsp3) is 0.222. The first-order valence-corrected chi connectivity index (χ1v) is 5.23. The first-order chi connectivity index (χ1) is 6.86. The Morgan fingerprint density at radius 1 is 1.57 bits per heavy atom. The van der Waals surface area contributed by atoms with Crippen LogP contribution in [0.2, 0.25) is 0 Å². The second-order valence-corrected chi connectivity index (χ2v) is 3.81. The Kier molecular flexibility index (Phi) is 2.78. The first kappa shape index (κ1) is 9.21. The summed E-state index contributed by atoms with van der Waals surface area (Å²) in [6, 6.07) is 3.46. The van der Waals surface area contributed by atoms with Gasteiger partial charge in [-0.05, 0) is 12.1 Å². The molecule has 0 saturated heterocycles. The van der Waals surface area contributed by atoms with Crippen molar-refractivity contribution in [2.24, 2.45) is 4.99 Å². The third-order valence-electron chi connectivity index (χ3n) is 1.73. The Labute approximate surface area is 85.8 Å². The quantitative estimate of drug-likeness (QED) is 0.744. The van der Waals surface area contributed by atoms with Crippen LogP contribution in [0, 0.1) is 0 Å². The van der Waals surface area contributed by atoms with Crippen molar-refractivity contribution >= 4 is 22.8 Å². The van der Waals surface area contributed by atoms with Gasteiger partial charge in [0.05, 0.1) is 12.1 Å². The molecule has 1 aliphatic rings. The molecule has 1 aromatic rings. The zero-order chi connectivity index (χ0) is 9.80. The summed E-state index contributed by atoms with van der Waals surface area (Å²) >= 11 is 1.56. The van der Waals surface area contributed by atoms with Gasteiger partial charge < -0.3 is 5.32 Å². The van der Waals surface area contributed by atoms with E-state index in [-0.39, 0.29) is 5.91 Å². The number of carbonyl (C=O) groups is 1. The molecule has 0 aliphatic carbocycles. The molecule has 0 fully saturated rings. The van der Waals surface area contributed by atoms with Gasteiger partial charge in [0.1, 0.15) is 0 Å². The molecule has 2 rings (SSSR count). The largest absolute Gasteiger partial charge is 0.301 e. The van der Waals surface area contributed by atoms with E-state index in [1.165, 1.54) is 6.20 Å². The minimum atomic E-state index is -0.147. The van der Waals surface area contributed by atoms with Gasteiger partial charge in [0, 0.05) is 18.1 Å². The average molecular weight is 207 g/mol. The van der Waals surface area contributed by atoms with Gasteiger partial charge in [0.25, 0.3) is 5.91 Å². The number of thioether (sulfide) groups is 1. The SMILES string of the molecule is O=C(NC1=NCCS1)c1cccnc1. The summed E-state index contributed by atoms with van der Waals surface area (Å²) in [7, 11) is 0. The van der Waals surface area contributed by atoms with Gasteiger partial charge in [-0.25, -0.2) is 0 Å². The van der Waals surface area contributed by atoms with Crippen LogP contribution in [0.4, 0.5) is 0 Å². The van der Waals surface area contributed by atoms with Crippen molar-refractivity contribution in [3.63, 3.8) is 0 Å². The van der Waals surface area contributed by atoms with Crippen LogP contribution in [0.3, 0.4) is 0 Å². The molecule has 0 bridgehead atoms. The summed E-state index contributed by atoms with van der Waals surface area (Å²) in [6.45, 7) is 0.785. The molecule has 0 atom stereocenters. The molecule has 0 saturated carbocycles. The Morgan fingerprint density at radius 2 is 2.50 bits per heavy atom. The monoisotopic (exact) mass is 207 g/mol. The number of rotatable bonds is 1. The van der Waals surface area contributed by atoms with Gasteiger partial charge in [-0.15, -0.1) is 0 Å². The maximum atomic E-state index is 11.6. The Balaban J connectivity index is 2.03. The molecule has 0 radical (unpaired) electrons. The standard InChI is InChI=1S/C9H9N3OS/c13-8(7-2-1-3-10-6-7)12-9-11-4-5-14-9/h1-3,6H,4-5H2,(H,11,12,13). The Hall–Kier alpha value is -1.36. The number of aliphatic imine (C=N–C) groups is 1. The summed E-state index contributed by atoms with van der Waals surface area (Å²) in [5.41, 5.74) is 0.558. The molecular weight excluding hydrogens is 198 g/mol. The van der Waals surface area contributed by atoms with E-state index in [1.807, 2.05) is 0 Å². The summed E-state index contributed by atoms with van der Waals surface area (Å²) in [5.74, 6) is 0.800. The van der Waals surface area contributed by atoms with E-state index < -0.39 is 0 Å². The van der Waals surface area contributed by atoms with Gasteiger partial charge in [-0.2, -0.15) is 0 Å². The van der Waals surface area contributed by atoms with Crippen molar-refractivity contribution in [3.05, 3.63) is 30.1 Å². The Bertz CT molecular complexity index is 364. The van der Waals surface area contributed by atoms with Gasteiger partial charge >= 0.3 is 0 Å². The number of amides is 1. The topological polar surface area (TPSA) is 54.4 Å². The first-order valence-electron chi connectivity index (χ1n) is 4.25. The van der Waals surface area contributed by atoms with Crippen LogP contribution in [0.5, 0.6) is 0 Å². The van der Waals surface area contributed by atoms with E-state index in [0.717, 1.165) is 12.3 Å². The smallest absolute Gasteiger partial charge is 0.258 e. The number of aromatic nitrogens is 1. The molecule has 72 valence electrons. The van der Waals surface area contributed by atoms with Crippen LogP contribution in [0.25, 0.3) is 0 Å². The number of hydrogen-bond acceptors (Lipinski definition) is 4. The summed E-state index contributed by atoms with van der Waals surface area (Å²) in [6.07, 6.45) is 3.17. The van der Waals surface area contributed by atoms with Crippen LogP contribution < -0.4 is 5.32 Å². The van der Waals surface area contributed by atoms with E-state index in [2.05, 4.69) is 15.3 Å². The normalized spacial score (nSPS) is 15.0. The molecule has 1 aromatic heterocycles. The van der Waals surface area contributed by atoms with Crippen LogP contribution >= 0.6 is 11.8 Å². The van der Waals surface area contributed by atoms with Crippen molar-refractivity contribution in [1.82, 2.24) is 10.3 Å². The van der Waals surface area contributed by atoms with E-state index in [0.29, 0.717) is 10.7 Å². The molecular formula is C9H9N3OS. The number of pyridine rings is 1. The molecule has 1 aliphatic heterocycles. The third kappa shape index (κ3) is 2.11. The lowest BCUT2D eigenvalue weighted by atomic mass is 10.3. The number of nitrogens with one attached hydrogen (secondary N) is 1. The molecule has 14 heavy (non-hydrogen) atoms. The molecule has 1 N–H and O–H groups in total. The highest BCUT2D eigenvalue weighted by atomic mass is 32.2. The van der Waals surface area contributed by atoms with Crippen LogP contribution in [-0.2, 0) is 0 Å². The molecule has 0 aromatic carbocycles. The van der Waals surface area contributed by atoms with Gasteiger partial charge in [0.15, 0.2) is 5.17 Å². The van der Waals surface area contributed by atoms with Gasteiger partial charge in [-0.3, -0.25) is 14.8 Å². The predicted molar refractivity (Wildman–Crippen MR) is 56.5 cm³/mol. The predicted octanol–water partition coefficient (Wildman–Crippen LogP) is 0.914.